The number of piperidine rings is 1. The summed E-state index contributed by atoms with van der Waals surface area (Å²) in [7, 11) is 0. The Morgan fingerprint density at radius 2 is 2.23 bits per heavy atom. The number of nitrogens with one attached hydrogen (secondary N) is 1. The highest BCUT2D eigenvalue weighted by molar-refractivity contribution is 9.06. The lowest BCUT2D eigenvalue weighted by Crippen LogP contribution is -2.48. The monoisotopic (exact) mass is 365 g/mol. The van der Waals surface area contributed by atoms with Crippen LogP contribution in [0, 0.1) is 0 Å². The molecule has 1 N–H and O–H groups in total. The largest absolute Gasteiger partial charge is 0.421 e. The molecule has 1 aromatic rings. The number of amides is 2. The summed E-state index contributed by atoms with van der Waals surface area (Å²) in [5, 5.41) is 2.95. The van der Waals surface area contributed by atoms with Crippen molar-refractivity contribution in [3.63, 3.8) is 0 Å². The first-order chi connectivity index (χ1) is 10.7. The zero-order valence-electron chi connectivity index (χ0n) is 11.9. The van der Waals surface area contributed by atoms with E-state index in [4.69, 9.17) is 0 Å². The van der Waals surface area contributed by atoms with Gasteiger partial charge in [0.1, 0.15) is 0 Å². The number of hydrogen-bond donors (Lipinski definition) is 1. The third-order valence-corrected chi connectivity index (χ3v) is 5.21. The summed E-state index contributed by atoms with van der Waals surface area (Å²) >= 11 is 2.77. The lowest BCUT2D eigenvalue weighted by molar-refractivity contribution is 0.0957. The maximum absolute atomic E-state index is 12.2. The first-order valence-electron chi connectivity index (χ1n) is 7.46. The molecule has 2 atom stereocenters. The molecular weight excluding hydrogens is 350 g/mol. The number of anilines is 1. The number of fused-ring (bicyclic) bond motifs is 3. The van der Waals surface area contributed by atoms with Gasteiger partial charge in [-0.2, -0.15) is 0 Å². The topological polar surface area (TPSA) is 61.9 Å². The number of hydrogen-bond acceptors (Lipinski definition) is 4. The van der Waals surface area contributed by atoms with Gasteiger partial charge in [-0.05, 0) is 18.1 Å². The molecule has 0 aliphatic carbocycles. The van der Waals surface area contributed by atoms with Crippen molar-refractivity contribution in [3.8, 4) is 0 Å². The lowest BCUT2D eigenvalue weighted by atomic mass is 9.88. The molecule has 0 unspecified atom stereocenters. The average molecular weight is 366 g/mol. The van der Waals surface area contributed by atoms with E-state index >= 15 is 0 Å². The van der Waals surface area contributed by atoms with Crippen LogP contribution >= 0.6 is 16.3 Å². The van der Waals surface area contributed by atoms with Crippen molar-refractivity contribution >= 4 is 33.9 Å². The van der Waals surface area contributed by atoms with E-state index in [-0.39, 0.29) is 17.9 Å². The van der Waals surface area contributed by atoms with E-state index in [9.17, 15) is 9.59 Å². The van der Waals surface area contributed by atoms with Crippen molar-refractivity contribution in [2.75, 3.05) is 31.1 Å². The number of nitrogens with zero attached hydrogens (tertiary/aromatic N) is 2. The molecule has 3 aliphatic rings. The molecule has 1 aromatic carbocycles. The van der Waals surface area contributed by atoms with E-state index in [0.717, 1.165) is 24.2 Å². The van der Waals surface area contributed by atoms with Gasteiger partial charge in [0.25, 0.3) is 5.91 Å². The molecule has 6 nitrogen and oxygen atoms in total. The van der Waals surface area contributed by atoms with Gasteiger partial charge in [0, 0.05) is 38.1 Å². The molecule has 116 valence electrons. The van der Waals surface area contributed by atoms with Crippen LogP contribution in [0.1, 0.15) is 28.3 Å². The predicted octanol–water partition coefficient (Wildman–Crippen LogP) is 1.85. The lowest BCUT2D eigenvalue weighted by Gasteiger charge is -2.37. The van der Waals surface area contributed by atoms with Crippen LogP contribution in [0.2, 0.25) is 0 Å². The number of carbonyl (C=O) groups excluding carboxylic acids is 2. The van der Waals surface area contributed by atoms with Crippen LogP contribution < -0.4 is 10.2 Å². The van der Waals surface area contributed by atoms with Crippen LogP contribution in [0.3, 0.4) is 0 Å². The summed E-state index contributed by atoms with van der Waals surface area (Å²) in [5.41, 5.74) is 2.98. The number of benzene rings is 1. The second kappa shape index (κ2) is 5.15. The van der Waals surface area contributed by atoms with Crippen molar-refractivity contribution in [2.24, 2.45) is 0 Å². The minimum Gasteiger partial charge on any atom is -0.367 e. The molecular formula is C15H16BrN3O3. The maximum Gasteiger partial charge on any atom is 0.421 e. The fraction of sp³-hybridized carbons (Fsp3) is 0.467. The van der Waals surface area contributed by atoms with Crippen LogP contribution in [0.4, 0.5) is 10.5 Å². The van der Waals surface area contributed by atoms with E-state index < -0.39 is 0 Å². The van der Waals surface area contributed by atoms with Gasteiger partial charge in [-0.1, -0.05) is 12.1 Å². The second-order valence-corrected chi connectivity index (χ2v) is 6.27. The standard InChI is InChI=1S/C15H16BrN3O3/c16-22-15(21)18-6-4-12-11(8-18)9-2-1-3-10-13(9)19(12)7-5-17-14(10)20/h1-3,11-12H,4-8H2,(H,17,20)/t11-,12-/m1/s1. The molecule has 0 bridgehead atoms. The Kier molecular flexibility index (Phi) is 3.25. The Balaban J connectivity index is 1.75. The molecule has 0 saturated carbocycles. The summed E-state index contributed by atoms with van der Waals surface area (Å²) < 4.78 is 4.67. The van der Waals surface area contributed by atoms with E-state index in [1.165, 1.54) is 5.56 Å². The molecule has 0 aromatic heterocycles. The zero-order chi connectivity index (χ0) is 15.3. The van der Waals surface area contributed by atoms with Gasteiger partial charge in [-0.15, -0.1) is 0 Å². The number of carbonyl (C=O) groups is 2. The minimum absolute atomic E-state index is 0.00489. The van der Waals surface area contributed by atoms with E-state index in [2.05, 4.69) is 36.4 Å². The molecule has 0 radical (unpaired) electrons. The van der Waals surface area contributed by atoms with Crippen LogP contribution in [-0.2, 0) is 3.83 Å². The van der Waals surface area contributed by atoms with Crippen LogP contribution in [0.15, 0.2) is 18.2 Å². The summed E-state index contributed by atoms with van der Waals surface area (Å²) in [4.78, 5) is 28.1. The van der Waals surface area contributed by atoms with Crippen molar-refractivity contribution in [3.05, 3.63) is 29.3 Å². The first kappa shape index (κ1) is 13.9. The molecule has 4 rings (SSSR count). The minimum atomic E-state index is -0.348. The van der Waals surface area contributed by atoms with Crippen molar-refractivity contribution in [2.45, 2.75) is 18.4 Å². The highest BCUT2D eigenvalue weighted by Gasteiger charge is 2.45. The molecule has 2 amide bonds. The quantitative estimate of drug-likeness (QED) is 0.762. The fourth-order valence-electron chi connectivity index (χ4n) is 4.03. The Hall–Kier alpha value is -1.76. The molecule has 1 fully saturated rings. The molecule has 7 heteroatoms. The number of halogens is 1. The fourth-order valence-corrected chi connectivity index (χ4v) is 4.23. The summed E-state index contributed by atoms with van der Waals surface area (Å²) in [6.07, 6.45) is 0.536. The highest BCUT2D eigenvalue weighted by atomic mass is 79.9. The second-order valence-electron chi connectivity index (χ2n) is 5.94. The SMILES string of the molecule is O=C1NCCN2c3c1cccc3[C@H]1CN(C(=O)OBr)CC[C@H]12. The Morgan fingerprint density at radius 1 is 1.36 bits per heavy atom. The Bertz CT molecular complexity index is 651. The summed E-state index contributed by atoms with van der Waals surface area (Å²) in [6, 6.07) is 6.25. The zero-order valence-corrected chi connectivity index (χ0v) is 13.5. The van der Waals surface area contributed by atoms with E-state index in [1.807, 2.05) is 12.1 Å². The molecule has 3 aliphatic heterocycles. The Labute approximate surface area is 136 Å². The van der Waals surface area contributed by atoms with Crippen molar-refractivity contribution in [1.82, 2.24) is 10.2 Å². The summed E-state index contributed by atoms with van der Waals surface area (Å²) in [6.45, 7) is 2.78. The third-order valence-electron chi connectivity index (χ3n) is 4.94. The van der Waals surface area contributed by atoms with Gasteiger partial charge in [0.2, 0.25) is 0 Å². The highest BCUT2D eigenvalue weighted by Crippen LogP contribution is 2.46. The molecule has 0 spiro atoms. The van der Waals surface area contributed by atoms with Gasteiger partial charge in [-0.3, -0.25) is 4.79 Å². The van der Waals surface area contributed by atoms with Crippen molar-refractivity contribution < 1.29 is 13.4 Å². The summed E-state index contributed by atoms with van der Waals surface area (Å²) in [5.74, 6) is 0.232. The van der Waals surface area contributed by atoms with Gasteiger partial charge >= 0.3 is 6.09 Å². The molecule has 1 saturated heterocycles. The van der Waals surface area contributed by atoms with Crippen molar-refractivity contribution in [1.29, 1.82) is 0 Å². The molecule has 22 heavy (non-hydrogen) atoms. The first-order valence-corrected chi connectivity index (χ1v) is 8.10. The number of rotatable bonds is 0. The van der Waals surface area contributed by atoms with Gasteiger partial charge in [-0.25, -0.2) is 4.79 Å². The normalized spacial score (nSPS) is 26.0. The van der Waals surface area contributed by atoms with Gasteiger partial charge in [0.05, 0.1) is 11.3 Å². The van der Waals surface area contributed by atoms with Gasteiger partial charge in [0.15, 0.2) is 16.3 Å². The van der Waals surface area contributed by atoms with Crippen LogP contribution in [-0.4, -0.2) is 49.1 Å². The Morgan fingerprint density at radius 3 is 3.05 bits per heavy atom. The predicted molar refractivity (Wildman–Crippen MR) is 84.2 cm³/mol. The third kappa shape index (κ3) is 1.91. The van der Waals surface area contributed by atoms with E-state index in [0.29, 0.717) is 25.7 Å². The van der Waals surface area contributed by atoms with Crippen LogP contribution in [0.25, 0.3) is 0 Å². The van der Waals surface area contributed by atoms with E-state index in [1.54, 1.807) is 4.90 Å². The number of para-hydroxylation sites is 1. The number of likely N-dealkylation sites (tertiary alicyclic amines) is 1. The smallest absolute Gasteiger partial charge is 0.367 e. The average Bonchev–Trinajstić information content (AvgIpc) is 2.76. The maximum atomic E-state index is 12.2. The molecule has 3 heterocycles. The van der Waals surface area contributed by atoms with Crippen LogP contribution in [0.5, 0.6) is 0 Å². The van der Waals surface area contributed by atoms with Gasteiger partial charge < -0.3 is 18.9 Å².